The Labute approximate surface area is 97.9 Å². The van der Waals surface area contributed by atoms with Crippen LogP contribution in [0.5, 0.6) is 0 Å². The van der Waals surface area contributed by atoms with E-state index in [1.807, 2.05) is 0 Å². The highest BCUT2D eigenvalue weighted by Gasteiger charge is 2.44. The van der Waals surface area contributed by atoms with Gasteiger partial charge in [0, 0.05) is 24.0 Å². The summed E-state index contributed by atoms with van der Waals surface area (Å²) in [6.07, 6.45) is 2.25. The van der Waals surface area contributed by atoms with Crippen LogP contribution in [0.3, 0.4) is 0 Å². The Morgan fingerprint density at radius 1 is 0.882 bits per heavy atom. The lowest BCUT2D eigenvalue weighted by Crippen LogP contribution is -2.44. The SMILES string of the molecule is CC1C(=O)N(CN2C(=O)C=CC2=O)C(=O)C1C. The summed E-state index contributed by atoms with van der Waals surface area (Å²) in [6.45, 7) is 3.05. The topological polar surface area (TPSA) is 74.8 Å². The number of hydrogen-bond donors (Lipinski definition) is 0. The Morgan fingerprint density at radius 2 is 1.29 bits per heavy atom. The Morgan fingerprint density at radius 3 is 1.71 bits per heavy atom. The van der Waals surface area contributed by atoms with Crippen molar-refractivity contribution in [3.05, 3.63) is 12.2 Å². The number of hydrogen-bond acceptors (Lipinski definition) is 4. The zero-order valence-corrected chi connectivity index (χ0v) is 9.54. The molecule has 17 heavy (non-hydrogen) atoms. The maximum atomic E-state index is 11.8. The molecule has 2 atom stereocenters. The maximum absolute atomic E-state index is 11.8. The van der Waals surface area contributed by atoms with Gasteiger partial charge in [-0.2, -0.15) is 0 Å². The number of imide groups is 2. The molecule has 6 nitrogen and oxygen atoms in total. The van der Waals surface area contributed by atoms with Crippen molar-refractivity contribution >= 4 is 23.6 Å². The van der Waals surface area contributed by atoms with E-state index in [9.17, 15) is 19.2 Å². The molecule has 0 saturated carbocycles. The Hall–Kier alpha value is -1.98. The molecule has 2 rings (SSSR count). The molecule has 0 spiro atoms. The largest absolute Gasteiger partial charge is 0.274 e. The van der Waals surface area contributed by atoms with Gasteiger partial charge < -0.3 is 0 Å². The Kier molecular flexibility index (Phi) is 2.57. The summed E-state index contributed by atoms with van der Waals surface area (Å²) in [6, 6.07) is 0. The highest BCUT2D eigenvalue weighted by Crippen LogP contribution is 2.25. The first kappa shape index (κ1) is 11.5. The number of amides is 4. The van der Waals surface area contributed by atoms with Crippen molar-refractivity contribution in [2.45, 2.75) is 13.8 Å². The van der Waals surface area contributed by atoms with Crippen LogP contribution in [-0.4, -0.2) is 40.1 Å². The number of rotatable bonds is 2. The highest BCUT2D eigenvalue weighted by molar-refractivity contribution is 6.13. The third-order valence-corrected chi connectivity index (χ3v) is 3.24. The van der Waals surface area contributed by atoms with Gasteiger partial charge in [-0.3, -0.25) is 29.0 Å². The van der Waals surface area contributed by atoms with Gasteiger partial charge in [-0.25, -0.2) is 0 Å². The summed E-state index contributed by atoms with van der Waals surface area (Å²) in [4.78, 5) is 48.0. The quantitative estimate of drug-likeness (QED) is 0.606. The number of nitrogens with zero attached hydrogens (tertiary/aromatic N) is 2. The van der Waals surface area contributed by atoms with E-state index < -0.39 is 23.7 Å². The zero-order valence-electron chi connectivity index (χ0n) is 9.54. The molecule has 0 bridgehead atoms. The van der Waals surface area contributed by atoms with Crippen molar-refractivity contribution in [3.8, 4) is 0 Å². The third-order valence-electron chi connectivity index (χ3n) is 3.24. The van der Waals surface area contributed by atoms with E-state index in [-0.39, 0.29) is 18.5 Å². The normalized spacial score (nSPS) is 28.8. The van der Waals surface area contributed by atoms with Crippen LogP contribution in [0.4, 0.5) is 0 Å². The third kappa shape index (κ3) is 1.65. The maximum Gasteiger partial charge on any atom is 0.255 e. The van der Waals surface area contributed by atoms with Crippen LogP contribution in [0.25, 0.3) is 0 Å². The van der Waals surface area contributed by atoms with Crippen LogP contribution < -0.4 is 0 Å². The average Bonchev–Trinajstić information content (AvgIpc) is 2.70. The van der Waals surface area contributed by atoms with Crippen LogP contribution in [0, 0.1) is 11.8 Å². The molecule has 90 valence electrons. The van der Waals surface area contributed by atoms with E-state index in [0.717, 1.165) is 22.0 Å². The zero-order chi connectivity index (χ0) is 12.7. The molecule has 0 aliphatic carbocycles. The second-order valence-electron chi connectivity index (χ2n) is 4.26. The molecule has 4 amide bonds. The van der Waals surface area contributed by atoms with Crippen LogP contribution in [0.15, 0.2) is 12.2 Å². The van der Waals surface area contributed by atoms with E-state index in [0.29, 0.717) is 0 Å². The highest BCUT2D eigenvalue weighted by atomic mass is 16.2. The van der Waals surface area contributed by atoms with Gasteiger partial charge in [0.15, 0.2) is 0 Å². The minimum absolute atomic E-state index is 0.281. The van der Waals surface area contributed by atoms with Crippen LogP contribution in [0.2, 0.25) is 0 Å². The fourth-order valence-electron chi connectivity index (χ4n) is 1.88. The van der Waals surface area contributed by atoms with Gasteiger partial charge in [-0.15, -0.1) is 0 Å². The molecule has 6 heteroatoms. The second-order valence-corrected chi connectivity index (χ2v) is 4.26. The first-order chi connectivity index (χ1) is 7.93. The Bertz CT molecular complexity index is 416. The van der Waals surface area contributed by atoms with Gasteiger partial charge in [0.2, 0.25) is 11.8 Å². The molecule has 2 heterocycles. The van der Waals surface area contributed by atoms with Crippen molar-refractivity contribution in [1.29, 1.82) is 0 Å². The monoisotopic (exact) mass is 236 g/mol. The minimum Gasteiger partial charge on any atom is -0.274 e. The second kappa shape index (κ2) is 3.80. The molecule has 0 aromatic carbocycles. The summed E-state index contributed by atoms with van der Waals surface area (Å²) >= 11 is 0. The van der Waals surface area contributed by atoms with Crippen molar-refractivity contribution in [1.82, 2.24) is 9.80 Å². The molecule has 0 N–H and O–H groups in total. The molecule has 0 aromatic rings. The summed E-state index contributed by atoms with van der Waals surface area (Å²) in [7, 11) is 0. The van der Waals surface area contributed by atoms with Gasteiger partial charge in [-0.1, -0.05) is 13.8 Å². The van der Waals surface area contributed by atoms with Crippen LogP contribution in [-0.2, 0) is 19.2 Å². The van der Waals surface area contributed by atoms with Gasteiger partial charge in [0.1, 0.15) is 6.67 Å². The standard InChI is InChI=1S/C11H12N2O4/c1-6-7(2)11(17)13(10(6)16)5-12-8(14)3-4-9(12)15/h3-4,6-7H,5H2,1-2H3. The number of carbonyl (C=O) groups is 4. The van der Waals surface area contributed by atoms with Crippen molar-refractivity contribution in [2.24, 2.45) is 11.8 Å². The summed E-state index contributed by atoms with van der Waals surface area (Å²) in [5.41, 5.74) is 0. The predicted molar refractivity (Wildman–Crippen MR) is 56.0 cm³/mol. The molecule has 0 aromatic heterocycles. The van der Waals surface area contributed by atoms with Crippen molar-refractivity contribution in [3.63, 3.8) is 0 Å². The van der Waals surface area contributed by atoms with E-state index in [4.69, 9.17) is 0 Å². The molecule has 2 unspecified atom stereocenters. The lowest BCUT2D eigenvalue weighted by atomic mass is 10.00. The van der Waals surface area contributed by atoms with Crippen LogP contribution >= 0.6 is 0 Å². The molecular formula is C11H12N2O4. The van der Waals surface area contributed by atoms with Gasteiger partial charge in [0.05, 0.1) is 0 Å². The van der Waals surface area contributed by atoms with Gasteiger partial charge in [-0.05, 0) is 0 Å². The molecule has 1 saturated heterocycles. The van der Waals surface area contributed by atoms with E-state index in [1.165, 1.54) is 0 Å². The number of carbonyl (C=O) groups excluding carboxylic acids is 4. The minimum atomic E-state index is -0.497. The van der Waals surface area contributed by atoms with E-state index >= 15 is 0 Å². The number of likely N-dealkylation sites (tertiary alicyclic amines) is 1. The summed E-state index contributed by atoms with van der Waals surface area (Å²) in [5.74, 6) is -2.47. The van der Waals surface area contributed by atoms with Gasteiger partial charge in [0.25, 0.3) is 11.8 Å². The summed E-state index contributed by atoms with van der Waals surface area (Å²) in [5, 5.41) is 0. The Balaban J connectivity index is 2.15. The fourth-order valence-corrected chi connectivity index (χ4v) is 1.88. The first-order valence-electron chi connectivity index (χ1n) is 5.32. The fraction of sp³-hybridized carbons (Fsp3) is 0.455. The van der Waals surface area contributed by atoms with Crippen molar-refractivity contribution in [2.75, 3.05) is 6.67 Å². The van der Waals surface area contributed by atoms with Crippen molar-refractivity contribution < 1.29 is 19.2 Å². The lowest BCUT2D eigenvalue weighted by Gasteiger charge is -2.21. The van der Waals surface area contributed by atoms with Crippen LogP contribution in [0.1, 0.15) is 13.8 Å². The molecular weight excluding hydrogens is 224 g/mol. The lowest BCUT2D eigenvalue weighted by molar-refractivity contribution is -0.147. The molecule has 1 fully saturated rings. The van der Waals surface area contributed by atoms with E-state index in [2.05, 4.69) is 0 Å². The van der Waals surface area contributed by atoms with E-state index in [1.54, 1.807) is 13.8 Å². The average molecular weight is 236 g/mol. The first-order valence-corrected chi connectivity index (χ1v) is 5.32. The predicted octanol–water partition coefficient (Wildman–Crippen LogP) is -0.490. The summed E-state index contributed by atoms with van der Waals surface area (Å²) < 4.78 is 0. The smallest absolute Gasteiger partial charge is 0.255 e. The van der Waals surface area contributed by atoms with Gasteiger partial charge >= 0.3 is 0 Å². The molecule has 2 aliphatic rings. The molecule has 0 radical (unpaired) electrons. The molecule has 2 aliphatic heterocycles.